The molecule has 0 bridgehead atoms. The summed E-state index contributed by atoms with van der Waals surface area (Å²) in [5.41, 5.74) is 0.938. The van der Waals surface area contributed by atoms with Crippen LogP contribution in [0.15, 0.2) is 30.7 Å². The molecule has 0 unspecified atom stereocenters. The molecular weight excluding hydrogens is 192 g/mol. The quantitative estimate of drug-likeness (QED) is 0.577. The first kappa shape index (κ1) is 8.10. The molecule has 15 heavy (non-hydrogen) atoms. The van der Waals surface area contributed by atoms with Crippen LogP contribution in [-0.2, 0) is 0 Å². The highest BCUT2D eigenvalue weighted by Gasteiger charge is 2.05. The molecule has 0 saturated heterocycles. The van der Waals surface area contributed by atoms with E-state index in [2.05, 4.69) is 20.3 Å². The highest BCUT2D eigenvalue weighted by molar-refractivity contribution is 5.27. The van der Waals surface area contributed by atoms with Crippen molar-refractivity contribution in [1.29, 1.82) is 0 Å². The summed E-state index contributed by atoms with van der Waals surface area (Å²) in [6, 6.07) is 3.82. The molecule has 0 saturated carbocycles. The molecule has 6 heteroatoms. The van der Waals surface area contributed by atoms with E-state index in [1.807, 2.05) is 31.5 Å². The summed E-state index contributed by atoms with van der Waals surface area (Å²) in [5, 5.41) is 12.3. The van der Waals surface area contributed by atoms with Crippen molar-refractivity contribution in [3.05, 3.63) is 36.4 Å². The lowest BCUT2D eigenvalue weighted by Gasteiger charge is -1.99. The van der Waals surface area contributed by atoms with Gasteiger partial charge < -0.3 is 0 Å². The Labute approximate surface area is 85.2 Å². The van der Waals surface area contributed by atoms with Crippen LogP contribution >= 0.6 is 0 Å². The van der Waals surface area contributed by atoms with Gasteiger partial charge in [-0.1, -0.05) is 0 Å². The van der Waals surface area contributed by atoms with Gasteiger partial charge in [-0.2, -0.15) is 4.52 Å². The van der Waals surface area contributed by atoms with Gasteiger partial charge in [-0.25, -0.2) is 4.98 Å². The van der Waals surface area contributed by atoms with Gasteiger partial charge >= 0.3 is 0 Å². The fourth-order valence-corrected chi connectivity index (χ4v) is 1.38. The largest absolute Gasteiger partial charge is 0.290 e. The van der Waals surface area contributed by atoms with E-state index in [0.29, 0.717) is 11.7 Å². The summed E-state index contributed by atoms with van der Waals surface area (Å²) in [7, 11) is 0. The summed E-state index contributed by atoms with van der Waals surface area (Å²) in [4.78, 5) is 4.06. The zero-order valence-corrected chi connectivity index (χ0v) is 8.07. The third-order valence-corrected chi connectivity index (χ3v) is 2.14. The summed E-state index contributed by atoms with van der Waals surface area (Å²) >= 11 is 0. The summed E-state index contributed by atoms with van der Waals surface area (Å²) < 4.78 is 3.47. The van der Waals surface area contributed by atoms with Crippen molar-refractivity contribution in [2.45, 2.75) is 6.92 Å². The first-order chi connectivity index (χ1) is 7.34. The molecule has 0 N–H and O–H groups in total. The summed E-state index contributed by atoms with van der Waals surface area (Å²) in [6.45, 7) is 1.92. The summed E-state index contributed by atoms with van der Waals surface area (Å²) in [5.74, 6) is 1.05. The van der Waals surface area contributed by atoms with Gasteiger partial charge in [0.05, 0.1) is 11.9 Å². The van der Waals surface area contributed by atoms with Crippen molar-refractivity contribution < 1.29 is 0 Å². The van der Waals surface area contributed by atoms with Crippen LogP contribution in [-0.4, -0.2) is 29.4 Å². The van der Waals surface area contributed by atoms with Crippen LogP contribution in [0.2, 0.25) is 0 Å². The fraction of sp³-hybridized carbons (Fsp3) is 0.111. The molecule has 0 radical (unpaired) electrons. The van der Waals surface area contributed by atoms with Gasteiger partial charge in [0.2, 0.25) is 0 Å². The van der Waals surface area contributed by atoms with E-state index in [1.165, 1.54) is 0 Å². The number of imidazole rings is 1. The van der Waals surface area contributed by atoms with E-state index < -0.39 is 0 Å². The number of fused-ring (bicyclic) bond motifs is 1. The molecule has 0 fully saturated rings. The minimum atomic E-state index is 0.517. The van der Waals surface area contributed by atoms with Crippen molar-refractivity contribution in [3.8, 4) is 5.95 Å². The SMILES string of the molecule is Cc1cnc2nnc(-n3cccc3)nn12. The predicted octanol–water partition coefficient (Wildman–Crippen LogP) is 0.618. The molecule has 3 aromatic rings. The first-order valence-corrected chi connectivity index (χ1v) is 4.53. The Morgan fingerprint density at radius 2 is 1.93 bits per heavy atom. The lowest BCUT2D eigenvalue weighted by Crippen LogP contribution is -2.06. The minimum absolute atomic E-state index is 0.517. The van der Waals surface area contributed by atoms with Crippen LogP contribution in [0.25, 0.3) is 11.7 Å². The van der Waals surface area contributed by atoms with Crippen molar-refractivity contribution in [2.75, 3.05) is 0 Å². The predicted molar refractivity (Wildman–Crippen MR) is 52.6 cm³/mol. The van der Waals surface area contributed by atoms with Crippen LogP contribution in [0, 0.1) is 6.92 Å². The Morgan fingerprint density at radius 3 is 2.73 bits per heavy atom. The van der Waals surface area contributed by atoms with Gasteiger partial charge in [-0.05, 0) is 19.1 Å². The Balaban J connectivity index is 2.25. The van der Waals surface area contributed by atoms with Crippen LogP contribution in [0.4, 0.5) is 0 Å². The molecular formula is C9H8N6. The average Bonchev–Trinajstić information content (AvgIpc) is 2.88. The Morgan fingerprint density at radius 1 is 1.13 bits per heavy atom. The number of hydrogen-bond acceptors (Lipinski definition) is 4. The zero-order chi connectivity index (χ0) is 10.3. The molecule has 3 heterocycles. The van der Waals surface area contributed by atoms with Crippen LogP contribution in [0.5, 0.6) is 0 Å². The molecule has 0 amide bonds. The average molecular weight is 200 g/mol. The van der Waals surface area contributed by atoms with Gasteiger partial charge in [0.1, 0.15) is 0 Å². The van der Waals surface area contributed by atoms with E-state index in [9.17, 15) is 0 Å². The van der Waals surface area contributed by atoms with Gasteiger partial charge in [-0.3, -0.25) is 4.57 Å². The number of aryl methyl sites for hydroxylation is 1. The van der Waals surface area contributed by atoms with Crippen molar-refractivity contribution >= 4 is 5.78 Å². The zero-order valence-electron chi connectivity index (χ0n) is 8.07. The van der Waals surface area contributed by atoms with Crippen molar-refractivity contribution in [1.82, 2.24) is 29.4 Å². The fourth-order valence-electron chi connectivity index (χ4n) is 1.38. The van der Waals surface area contributed by atoms with Gasteiger partial charge in [-0.15, -0.1) is 15.3 Å². The highest BCUT2D eigenvalue weighted by atomic mass is 15.4. The standard InChI is InChI=1S/C9H8N6/c1-7-6-10-8-11-12-9(13-15(7)8)14-4-2-3-5-14/h2-6H,1H3. The molecule has 6 nitrogen and oxygen atoms in total. The second-order valence-electron chi connectivity index (χ2n) is 3.20. The Kier molecular flexibility index (Phi) is 1.55. The minimum Gasteiger partial charge on any atom is -0.290 e. The number of nitrogens with zero attached hydrogens (tertiary/aromatic N) is 6. The number of rotatable bonds is 1. The van der Waals surface area contributed by atoms with E-state index in [4.69, 9.17) is 0 Å². The van der Waals surface area contributed by atoms with E-state index in [0.717, 1.165) is 5.69 Å². The third kappa shape index (κ3) is 1.18. The topological polar surface area (TPSA) is 60.9 Å². The molecule has 3 rings (SSSR count). The lowest BCUT2D eigenvalue weighted by molar-refractivity contribution is 0.753. The molecule has 3 aromatic heterocycles. The van der Waals surface area contributed by atoms with Crippen molar-refractivity contribution in [3.63, 3.8) is 0 Å². The van der Waals surface area contributed by atoms with Gasteiger partial charge in [0, 0.05) is 12.4 Å². The number of aromatic nitrogens is 6. The van der Waals surface area contributed by atoms with E-state index in [-0.39, 0.29) is 0 Å². The van der Waals surface area contributed by atoms with Gasteiger partial charge in [0.25, 0.3) is 11.7 Å². The molecule has 0 aliphatic heterocycles. The molecule has 0 aliphatic rings. The maximum Gasteiger partial charge on any atom is 0.271 e. The number of hydrogen-bond donors (Lipinski definition) is 0. The Hall–Kier alpha value is -2.24. The summed E-state index contributed by atoms with van der Waals surface area (Å²) in [6.07, 6.45) is 5.46. The molecule has 74 valence electrons. The van der Waals surface area contributed by atoms with Crippen LogP contribution in [0.3, 0.4) is 0 Å². The second kappa shape index (κ2) is 2.88. The molecule has 0 atom stereocenters. The normalized spacial score (nSPS) is 11.0. The molecule has 0 aromatic carbocycles. The maximum absolute atomic E-state index is 4.32. The van der Waals surface area contributed by atoms with Crippen molar-refractivity contribution in [2.24, 2.45) is 0 Å². The molecule has 0 spiro atoms. The monoisotopic (exact) mass is 200 g/mol. The smallest absolute Gasteiger partial charge is 0.271 e. The van der Waals surface area contributed by atoms with E-state index >= 15 is 0 Å². The third-order valence-electron chi connectivity index (χ3n) is 2.14. The van der Waals surface area contributed by atoms with Crippen LogP contribution < -0.4 is 0 Å². The first-order valence-electron chi connectivity index (χ1n) is 4.53. The van der Waals surface area contributed by atoms with E-state index in [1.54, 1.807) is 15.3 Å². The Bertz CT molecular complexity index is 594. The molecule has 0 aliphatic carbocycles. The lowest BCUT2D eigenvalue weighted by atomic mass is 10.6. The maximum atomic E-state index is 4.32. The van der Waals surface area contributed by atoms with Gasteiger partial charge in [0.15, 0.2) is 0 Å². The highest BCUT2D eigenvalue weighted by Crippen LogP contribution is 2.03. The van der Waals surface area contributed by atoms with Crippen LogP contribution in [0.1, 0.15) is 5.69 Å². The second-order valence-corrected chi connectivity index (χ2v) is 3.20.